The molecule has 6 nitrogen and oxygen atoms in total. The van der Waals surface area contributed by atoms with E-state index in [1.165, 1.54) is 12.3 Å². The number of nitrogens with two attached hydrogens (primary N) is 1. The van der Waals surface area contributed by atoms with Gasteiger partial charge in [0.2, 0.25) is 5.43 Å². The van der Waals surface area contributed by atoms with Crippen LogP contribution in [0, 0.1) is 17.7 Å². The van der Waals surface area contributed by atoms with Gasteiger partial charge in [0.05, 0.1) is 11.2 Å². The number of carbonyl (C=O) groups is 1. The van der Waals surface area contributed by atoms with Crippen molar-refractivity contribution in [2.75, 3.05) is 18.0 Å². The van der Waals surface area contributed by atoms with Crippen molar-refractivity contribution < 1.29 is 14.3 Å². The Balaban J connectivity index is 0.00000205. The van der Waals surface area contributed by atoms with Gasteiger partial charge in [0.1, 0.15) is 11.4 Å². The van der Waals surface area contributed by atoms with Crippen LogP contribution in [0.2, 0.25) is 0 Å². The van der Waals surface area contributed by atoms with Crippen molar-refractivity contribution in [3.05, 3.63) is 52.1 Å². The van der Waals surface area contributed by atoms with E-state index in [1.807, 2.05) is 15.5 Å². The average Bonchev–Trinajstić information content (AvgIpc) is 3.40. The van der Waals surface area contributed by atoms with Gasteiger partial charge >= 0.3 is 5.97 Å². The van der Waals surface area contributed by atoms with E-state index in [0.717, 1.165) is 25.8 Å². The van der Waals surface area contributed by atoms with Gasteiger partial charge in [-0.25, -0.2) is 9.18 Å². The largest absolute Gasteiger partial charge is 0.477 e. The minimum Gasteiger partial charge on any atom is -0.477 e. The number of halogens is 2. The molecule has 5 rings (SSSR count). The van der Waals surface area contributed by atoms with Crippen LogP contribution in [0.15, 0.2) is 35.3 Å². The van der Waals surface area contributed by atoms with Crippen molar-refractivity contribution in [2.45, 2.75) is 31.3 Å². The summed E-state index contributed by atoms with van der Waals surface area (Å²) >= 11 is 0. The molecule has 3 N–H and O–H groups in total. The van der Waals surface area contributed by atoms with Crippen LogP contribution < -0.4 is 16.1 Å². The zero-order chi connectivity index (χ0) is 19.6. The molecule has 8 heteroatoms. The predicted octanol–water partition coefficient (Wildman–Crippen LogP) is 2.94. The molecule has 0 amide bonds. The molecule has 1 aromatic carbocycles. The molecule has 3 aliphatic rings. The summed E-state index contributed by atoms with van der Waals surface area (Å²) in [6, 6.07) is 3.07. The molecule has 2 aromatic rings. The van der Waals surface area contributed by atoms with Crippen molar-refractivity contribution in [3.8, 4) is 0 Å². The number of aromatic carboxylic acids is 1. The number of anilines is 1. The van der Waals surface area contributed by atoms with E-state index in [-0.39, 0.29) is 35.4 Å². The normalized spacial score (nSPS) is 25.7. The summed E-state index contributed by atoms with van der Waals surface area (Å²) in [7, 11) is 0. The third-order valence-corrected chi connectivity index (χ3v) is 6.40. The van der Waals surface area contributed by atoms with Crippen LogP contribution >= 0.6 is 12.4 Å². The van der Waals surface area contributed by atoms with Crippen molar-refractivity contribution in [1.82, 2.24) is 4.57 Å². The maximum Gasteiger partial charge on any atom is 0.341 e. The van der Waals surface area contributed by atoms with Gasteiger partial charge in [0.25, 0.3) is 0 Å². The molecule has 0 unspecified atom stereocenters. The first-order valence-electron chi connectivity index (χ1n) is 9.73. The second-order valence-electron chi connectivity index (χ2n) is 8.21. The predicted molar refractivity (Wildman–Crippen MR) is 112 cm³/mol. The molecule has 0 radical (unpaired) electrons. The van der Waals surface area contributed by atoms with Gasteiger partial charge in [-0.15, -0.1) is 12.4 Å². The molecule has 2 aliphatic carbocycles. The highest BCUT2D eigenvalue weighted by Crippen LogP contribution is 2.40. The van der Waals surface area contributed by atoms with E-state index < -0.39 is 17.2 Å². The SMILES string of the molecule is Cl.N[C@@H]1C=CC[C@@H]2CN(c3cc4c(cc3F)c(=O)c(C(=O)O)cn4C3CC3)C[C@@H]21. The quantitative estimate of drug-likeness (QED) is 0.747. The van der Waals surface area contributed by atoms with Gasteiger partial charge in [-0.1, -0.05) is 12.2 Å². The number of nitrogens with zero attached hydrogens (tertiary/aromatic N) is 2. The third kappa shape index (κ3) is 3.22. The van der Waals surface area contributed by atoms with Crippen LogP contribution in [0.1, 0.15) is 35.7 Å². The minimum atomic E-state index is -1.28. The summed E-state index contributed by atoms with van der Waals surface area (Å²) in [5.41, 5.74) is 6.34. The van der Waals surface area contributed by atoms with Crippen molar-refractivity contribution in [2.24, 2.45) is 17.6 Å². The first-order chi connectivity index (χ1) is 13.4. The number of pyridine rings is 1. The summed E-state index contributed by atoms with van der Waals surface area (Å²) in [5, 5.41) is 9.49. The van der Waals surface area contributed by atoms with Crippen molar-refractivity contribution in [3.63, 3.8) is 0 Å². The van der Waals surface area contributed by atoms with E-state index in [9.17, 15) is 14.7 Å². The first-order valence-corrected chi connectivity index (χ1v) is 9.73. The number of rotatable bonds is 3. The van der Waals surface area contributed by atoms with Crippen molar-refractivity contribution >= 4 is 35.0 Å². The molecule has 2 heterocycles. The van der Waals surface area contributed by atoms with Gasteiger partial charge in [-0.2, -0.15) is 0 Å². The Kier molecular flexibility index (Phi) is 4.91. The summed E-state index contributed by atoms with van der Waals surface area (Å²) < 4.78 is 16.9. The summed E-state index contributed by atoms with van der Waals surface area (Å²) in [4.78, 5) is 26.1. The van der Waals surface area contributed by atoms with Crippen LogP contribution in [0.5, 0.6) is 0 Å². The van der Waals surface area contributed by atoms with Gasteiger partial charge < -0.3 is 20.3 Å². The number of carboxylic acids is 1. The second kappa shape index (κ2) is 7.15. The lowest BCUT2D eigenvalue weighted by atomic mass is 9.83. The lowest BCUT2D eigenvalue weighted by Gasteiger charge is -2.25. The van der Waals surface area contributed by atoms with Crippen LogP contribution in [0.3, 0.4) is 0 Å². The molecule has 154 valence electrons. The molecule has 0 spiro atoms. The van der Waals surface area contributed by atoms with Gasteiger partial charge in [-0.05, 0) is 43.2 Å². The third-order valence-electron chi connectivity index (χ3n) is 6.40. The first kappa shape index (κ1) is 19.9. The standard InChI is InChI=1S/C21H22FN3O3.ClH/c22-16-6-13-18(25(12-4-5-12)10-15(20(13)26)21(27)28)7-19(16)24-8-11-2-1-3-17(23)14(11)9-24;/h1,3,6-7,10-12,14,17H,2,4-5,8-9,23H2,(H,27,28);1H/t11-,14+,17-;/m1./s1. The number of fused-ring (bicyclic) bond motifs is 2. The molecule has 1 saturated heterocycles. The fourth-order valence-electron chi connectivity index (χ4n) is 4.74. The van der Waals surface area contributed by atoms with E-state index >= 15 is 4.39 Å². The Hall–Kier alpha value is -2.38. The fraction of sp³-hybridized carbons (Fsp3) is 0.429. The smallest absolute Gasteiger partial charge is 0.341 e. The number of benzene rings is 1. The van der Waals surface area contributed by atoms with Gasteiger partial charge in [-0.3, -0.25) is 4.79 Å². The summed E-state index contributed by atoms with van der Waals surface area (Å²) in [5.74, 6) is -1.08. The zero-order valence-electron chi connectivity index (χ0n) is 15.8. The molecule has 2 fully saturated rings. The fourth-order valence-corrected chi connectivity index (χ4v) is 4.74. The molecular formula is C21H23ClFN3O3. The molecular weight excluding hydrogens is 397 g/mol. The molecule has 1 saturated carbocycles. The highest BCUT2D eigenvalue weighted by Gasteiger charge is 2.38. The van der Waals surface area contributed by atoms with Crippen LogP contribution in [0.25, 0.3) is 10.9 Å². The molecule has 1 aromatic heterocycles. The number of aromatic nitrogens is 1. The van der Waals surface area contributed by atoms with Crippen LogP contribution in [-0.4, -0.2) is 34.8 Å². The number of allylic oxidation sites excluding steroid dienone is 1. The number of hydrogen-bond acceptors (Lipinski definition) is 4. The number of hydrogen-bond donors (Lipinski definition) is 2. The zero-order valence-corrected chi connectivity index (χ0v) is 16.6. The summed E-state index contributed by atoms with van der Waals surface area (Å²) in [6.45, 7) is 1.41. The molecule has 3 atom stereocenters. The lowest BCUT2D eigenvalue weighted by Crippen LogP contribution is -2.35. The Morgan fingerprint density at radius 1 is 1.24 bits per heavy atom. The van der Waals surface area contributed by atoms with E-state index in [0.29, 0.717) is 29.6 Å². The Bertz CT molecular complexity index is 1080. The van der Waals surface area contributed by atoms with Gasteiger partial charge in [0, 0.05) is 36.8 Å². The Morgan fingerprint density at radius 2 is 2.00 bits per heavy atom. The van der Waals surface area contributed by atoms with E-state index in [4.69, 9.17) is 5.73 Å². The van der Waals surface area contributed by atoms with E-state index in [2.05, 4.69) is 6.08 Å². The Morgan fingerprint density at radius 3 is 2.66 bits per heavy atom. The molecule has 29 heavy (non-hydrogen) atoms. The number of carboxylic acid groups (broad SMARTS) is 1. The highest BCUT2D eigenvalue weighted by atomic mass is 35.5. The Labute approximate surface area is 173 Å². The van der Waals surface area contributed by atoms with E-state index in [1.54, 1.807) is 6.07 Å². The van der Waals surface area contributed by atoms with Crippen LogP contribution in [0.4, 0.5) is 10.1 Å². The maximum atomic E-state index is 15.0. The maximum absolute atomic E-state index is 15.0. The highest BCUT2D eigenvalue weighted by molar-refractivity contribution is 5.93. The molecule has 0 bridgehead atoms. The molecule has 1 aliphatic heterocycles. The van der Waals surface area contributed by atoms with Crippen molar-refractivity contribution in [1.29, 1.82) is 0 Å². The average molecular weight is 420 g/mol. The minimum absolute atomic E-state index is 0. The van der Waals surface area contributed by atoms with Gasteiger partial charge in [0.15, 0.2) is 0 Å². The van der Waals surface area contributed by atoms with Crippen LogP contribution in [-0.2, 0) is 0 Å². The lowest BCUT2D eigenvalue weighted by molar-refractivity contribution is 0.0695. The topological polar surface area (TPSA) is 88.6 Å². The summed E-state index contributed by atoms with van der Waals surface area (Å²) in [6.07, 6.45) is 8.34. The second-order valence-corrected chi connectivity index (χ2v) is 8.21. The monoisotopic (exact) mass is 419 g/mol.